The highest BCUT2D eigenvalue weighted by Gasteiger charge is 2.60. The van der Waals surface area contributed by atoms with E-state index < -0.39 is 75.7 Å². The van der Waals surface area contributed by atoms with Crippen LogP contribution in [0.4, 0.5) is 48.7 Å². The summed E-state index contributed by atoms with van der Waals surface area (Å²) in [6.07, 6.45) is -8.65. The van der Waals surface area contributed by atoms with E-state index in [1.54, 1.807) is 0 Å². The molecule has 220 valence electrons. The zero-order valence-electron chi connectivity index (χ0n) is 20.7. The van der Waals surface area contributed by atoms with E-state index in [0.717, 1.165) is 23.1 Å². The fourth-order valence-electron chi connectivity index (χ4n) is 4.60. The van der Waals surface area contributed by atoms with Gasteiger partial charge in [-0.2, -0.15) is 26.3 Å². The average Bonchev–Trinajstić information content (AvgIpc) is 3.44. The third-order valence-corrected chi connectivity index (χ3v) is 6.54. The predicted molar refractivity (Wildman–Crippen MR) is 125 cm³/mol. The Hall–Kier alpha value is -3.97. The van der Waals surface area contributed by atoms with E-state index in [1.165, 1.54) is 0 Å². The summed E-state index contributed by atoms with van der Waals surface area (Å²) in [5, 5.41) is 2.02. The van der Waals surface area contributed by atoms with Crippen LogP contribution in [0.5, 0.6) is 5.75 Å². The summed E-state index contributed by atoms with van der Waals surface area (Å²) in [6, 6.07) is 4.17. The number of carbonyl (C=O) groups excluding carboxylic acids is 1. The first-order valence-corrected chi connectivity index (χ1v) is 12.0. The number of carbonyl (C=O) groups is 1. The number of nitrogens with one attached hydrogen (secondary N) is 1. The number of benzene rings is 3. The number of urea groups is 1. The zero-order valence-corrected chi connectivity index (χ0v) is 20.7. The number of halogens is 10. The molecule has 1 saturated heterocycles. The molecule has 1 fully saturated rings. The average molecular weight is 594 g/mol. The Morgan fingerprint density at radius 3 is 2.07 bits per heavy atom. The lowest BCUT2D eigenvalue weighted by molar-refractivity contribution is -0.253. The first kappa shape index (κ1) is 30.0. The summed E-state index contributed by atoms with van der Waals surface area (Å²) in [4.78, 5) is 14.4. The highest BCUT2D eigenvalue weighted by Crippen LogP contribution is 2.51. The van der Waals surface area contributed by atoms with E-state index in [0.29, 0.717) is 49.2 Å². The minimum absolute atomic E-state index is 0.0867. The van der Waals surface area contributed by atoms with Crippen molar-refractivity contribution in [3.05, 3.63) is 101 Å². The van der Waals surface area contributed by atoms with Gasteiger partial charge in [-0.3, -0.25) is 0 Å². The summed E-state index contributed by atoms with van der Waals surface area (Å²) < 4.78 is 148. The molecule has 0 aliphatic carbocycles. The minimum atomic E-state index is -5.19. The number of alkyl halides is 6. The van der Waals surface area contributed by atoms with Gasteiger partial charge < -0.3 is 15.0 Å². The monoisotopic (exact) mass is 594 g/mol. The second-order valence-corrected chi connectivity index (χ2v) is 9.20. The third kappa shape index (κ3) is 5.64. The Morgan fingerprint density at radius 1 is 0.829 bits per heavy atom. The van der Waals surface area contributed by atoms with Crippen LogP contribution in [-0.2, 0) is 11.5 Å². The molecule has 3 aromatic carbocycles. The van der Waals surface area contributed by atoms with Crippen molar-refractivity contribution >= 4 is 6.03 Å². The van der Waals surface area contributed by atoms with Crippen LogP contribution in [-0.4, -0.2) is 36.6 Å². The molecule has 3 aromatic rings. The maximum Gasteiger partial charge on any atom is 0.461 e. The van der Waals surface area contributed by atoms with Crippen LogP contribution in [0.1, 0.15) is 29.5 Å². The van der Waals surface area contributed by atoms with Gasteiger partial charge in [-0.1, -0.05) is 18.2 Å². The van der Waals surface area contributed by atoms with Crippen LogP contribution in [0.2, 0.25) is 0 Å². The molecule has 0 bridgehead atoms. The molecule has 1 aliphatic rings. The number of nitrogens with zero attached hydrogens (tertiary/aromatic N) is 1. The van der Waals surface area contributed by atoms with E-state index >= 15 is 8.78 Å². The molecule has 1 heterocycles. The van der Waals surface area contributed by atoms with E-state index in [1.807, 2.05) is 5.32 Å². The van der Waals surface area contributed by atoms with Gasteiger partial charge >= 0.3 is 24.5 Å². The third-order valence-electron chi connectivity index (χ3n) is 6.54. The fourth-order valence-corrected chi connectivity index (χ4v) is 4.60. The lowest BCUT2D eigenvalue weighted by Crippen LogP contribution is -2.60. The van der Waals surface area contributed by atoms with Gasteiger partial charge in [0, 0.05) is 19.2 Å². The predicted octanol–water partition coefficient (Wildman–Crippen LogP) is 7.32. The van der Waals surface area contributed by atoms with Gasteiger partial charge in [0.05, 0.1) is 5.56 Å². The Labute approximate surface area is 226 Å². The molecule has 2 amide bonds. The lowest BCUT2D eigenvalue weighted by atomic mass is 9.74. The summed E-state index contributed by atoms with van der Waals surface area (Å²) in [5.41, 5.74) is -6.93. The highest BCUT2D eigenvalue weighted by molar-refractivity contribution is 5.77. The number of hydrogen-bond donors (Lipinski definition) is 1. The molecule has 4 rings (SSSR count). The van der Waals surface area contributed by atoms with Crippen LogP contribution < -0.4 is 10.1 Å². The van der Waals surface area contributed by atoms with Crippen molar-refractivity contribution in [3.8, 4) is 5.75 Å². The molecular weight excluding hydrogens is 574 g/mol. The number of ether oxygens (including phenoxy) is 1. The van der Waals surface area contributed by atoms with Gasteiger partial charge in [0.15, 0.2) is 17.2 Å². The van der Waals surface area contributed by atoms with Crippen molar-refractivity contribution in [2.45, 2.75) is 36.8 Å². The van der Waals surface area contributed by atoms with E-state index in [-0.39, 0.29) is 19.2 Å². The van der Waals surface area contributed by atoms with Gasteiger partial charge in [-0.15, -0.1) is 0 Å². The molecule has 0 unspecified atom stereocenters. The Balaban J connectivity index is 2.06. The SMILES string of the molecule is O=C(N[C@](c1ccc(F)cc1)(c1cc(F)cc(OC(F)(F)C(F)F)c1)C(F)(F)c1cccc(F)c1F)N1CCCC1. The lowest BCUT2D eigenvalue weighted by Gasteiger charge is -2.43. The Morgan fingerprint density at radius 2 is 1.46 bits per heavy atom. The summed E-state index contributed by atoms with van der Waals surface area (Å²) in [7, 11) is 0. The molecule has 1 N–H and O–H groups in total. The van der Waals surface area contributed by atoms with Crippen LogP contribution in [0.3, 0.4) is 0 Å². The Kier molecular flexibility index (Phi) is 8.14. The van der Waals surface area contributed by atoms with Crippen molar-refractivity contribution in [2.24, 2.45) is 0 Å². The molecule has 0 radical (unpaired) electrons. The van der Waals surface area contributed by atoms with Gasteiger partial charge in [0.2, 0.25) is 0 Å². The van der Waals surface area contributed by atoms with Crippen LogP contribution in [0, 0.1) is 23.3 Å². The summed E-state index contributed by atoms with van der Waals surface area (Å²) >= 11 is 0. The van der Waals surface area contributed by atoms with Gasteiger partial charge in [-0.25, -0.2) is 22.4 Å². The van der Waals surface area contributed by atoms with E-state index in [4.69, 9.17) is 0 Å². The molecule has 0 aromatic heterocycles. The van der Waals surface area contributed by atoms with Crippen LogP contribution in [0.25, 0.3) is 0 Å². The van der Waals surface area contributed by atoms with Crippen LogP contribution in [0.15, 0.2) is 60.7 Å². The van der Waals surface area contributed by atoms with Gasteiger partial charge in [0.25, 0.3) is 0 Å². The van der Waals surface area contributed by atoms with Crippen molar-refractivity contribution in [1.29, 1.82) is 0 Å². The topological polar surface area (TPSA) is 41.6 Å². The maximum atomic E-state index is 16.8. The molecule has 14 heteroatoms. The van der Waals surface area contributed by atoms with E-state index in [9.17, 15) is 39.9 Å². The summed E-state index contributed by atoms with van der Waals surface area (Å²) in [6.45, 7) is 0.173. The quantitative estimate of drug-likeness (QED) is 0.278. The minimum Gasteiger partial charge on any atom is -0.428 e. The fraction of sp³-hybridized carbons (Fsp3) is 0.296. The number of likely N-dealkylation sites (tertiary alicyclic amines) is 1. The molecule has 0 spiro atoms. The molecule has 41 heavy (non-hydrogen) atoms. The van der Waals surface area contributed by atoms with Crippen molar-refractivity contribution in [2.75, 3.05) is 13.1 Å². The maximum absolute atomic E-state index is 16.8. The van der Waals surface area contributed by atoms with Gasteiger partial charge in [0.1, 0.15) is 17.4 Å². The molecular formula is C27H20F10N2O2. The van der Waals surface area contributed by atoms with Crippen molar-refractivity contribution in [3.63, 3.8) is 0 Å². The van der Waals surface area contributed by atoms with Crippen molar-refractivity contribution in [1.82, 2.24) is 10.2 Å². The Bertz CT molecular complexity index is 1410. The highest BCUT2D eigenvalue weighted by atomic mass is 19.3. The largest absolute Gasteiger partial charge is 0.461 e. The van der Waals surface area contributed by atoms with Crippen LogP contribution >= 0.6 is 0 Å². The van der Waals surface area contributed by atoms with Gasteiger partial charge in [-0.05, 0) is 60.4 Å². The number of amides is 2. The zero-order chi connectivity index (χ0) is 30.2. The molecule has 4 nitrogen and oxygen atoms in total. The number of rotatable bonds is 8. The second kappa shape index (κ2) is 11.1. The first-order valence-electron chi connectivity index (χ1n) is 12.0. The molecule has 1 atom stereocenters. The standard InChI is InChI=1S/C27H20F10N2O2/c28-17-8-6-15(7-9-17)25(38-24(40)39-10-1-2-11-39,26(34,35)20-4-3-5-21(30)22(20)31)16-12-18(29)14-19(13-16)41-27(36,37)23(32)33/h3-9,12-14,23H,1-2,10-11H2,(H,38,40)/t25-/m1/s1. The van der Waals surface area contributed by atoms with E-state index in [2.05, 4.69) is 4.74 Å². The normalized spacial score (nSPS) is 15.6. The smallest absolute Gasteiger partial charge is 0.428 e. The second-order valence-electron chi connectivity index (χ2n) is 9.20. The first-order chi connectivity index (χ1) is 19.2. The molecule has 0 saturated carbocycles. The summed E-state index contributed by atoms with van der Waals surface area (Å²) in [5.74, 6) is -12.4. The van der Waals surface area contributed by atoms with Crippen molar-refractivity contribution < 1.29 is 53.4 Å². The number of hydrogen-bond acceptors (Lipinski definition) is 2. The molecule has 1 aliphatic heterocycles.